The van der Waals surface area contributed by atoms with Gasteiger partial charge in [-0.25, -0.2) is 0 Å². The summed E-state index contributed by atoms with van der Waals surface area (Å²) in [5.41, 5.74) is 0. The van der Waals surface area contributed by atoms with Gasteiger partial charge in [0.25, 0.3) is 5.76 Å². The second-order valence-corrected chi connectivity index (χ2v) is 4.88. The molecule has 0 spiro atoms. The van der Waals surface area contributed by atoms with Gasteiger partial charge in [0.05, 0.1) is 12.3 Å². The quantitative estimate of drug-likeness (QED) is 0.646. The molecule has 0 atom stereocenters. The van der Waals surface area contributed by atoms with Crippen LogP contribution in [0.3, 0.4) is 0 Å². The van der Waals surface area contributed by atoms with Gasteiger partial charge in [-0.3, -0.25) is 0 Å². The Bertz CT molecular complexity index is 321. The van der Waals surface area contributed by atoms with Crippen molar-refractivity contribution < 1.29 is 18.3 Å². The van der Waals surface area contributed by atoms with Crippen molar-refractivity contribution in [1.82, 2.24) is 5.32 Å². The molecule has 18 heavy (non-hydrogen) atoms. The van der Waals surface area contributed by atoms with Crippen LogP contribution in [0.2, 0.25) is 0 Å². The Balaban J connectivity index is 2.11. The molecule has 1 rings (SSSR count). The molecular formula is C12H19F2NO2S. The van der Waals surface area contributed by atoms with E-state index in [1.54, 1.807) is 6.07 Å². The van der Waals surface area contributed by atoms with E-state index in [0.29, 0.717) is 24.1 Å². The van der Waals surface area contributed by atoms with Gasteiger partial charge in [-0.15, -0.1) is 0 Å². The number of unbranched alkanes of at least 4 members (excludes halogenated alkanes) is 2. The topological polar surface area (TPSA) is 45.4 Å². The monoisotopic (exact) mass is 279 g/mol. The van der Waals surface area contributed by atoms with Gasteiger partial charge in [0.2, 0.25) is 0 Å². The molecule has 0 amide bonds. The summed E-state index contributed by atoms with van der Waals surface area (Å²) in [6.45, 7) is 1.71. The van der Waals surface area contributed by atoms with Crippen molar-refractivity contribution in [2.75, 3.05) is 13.2 Å². The van der Waals surface area contributed by atoms with Crippen LogP contribution in [0.1, 0.15) is 30.8 Å². The smallest absolute Gasteiger partial charge is 0.284 e. The predicted octanol–water partition coefficient (Wildman–Crippen LogP) is 2.99. The number of hydrogen-bond acceptors (Lipinski definition) is 4. The highest BCUT2D eigenvalue weighted by Gasteiger charge is 2.06. The molecule has 0 aliphatic carbocycles. The van der Waals surface area contributed by atoms with Gasteiger partial charge in [0, 0.05) is 6.61 Å². The minimum absolute atomic E-state index is 0.203. The number of halogens is 2. The van der Waals surface area contributed by atoms with E-state index in [9.17, 15) is 8.78 Å². The highest BCUT2D eigenvalue weighted by atomic mass is 32.2. The van der Waals surface area contributed by atoms with Crippen molar-refractivity contribution in [3.05, 3.63) is 23.7 Å². The number of nitrogens with one attached hydrogen (secondary N) is 1. The third-order valence-corrected chi connectivity index (χ3v) is 3.08. The summed E-state index contributed by atoms with van der Waals surface area (Å²) in [6.07, 6.45) is 2.84. The van der Waals surface area contributed by atoms with E-state index in [2.05, 4.69) is 5.32 Å². The normalized spacial score (nSPS) is 11.3. The average molecular weight is 279 g/mol. The minimum atomic E-state index is -2.36. The largest absolute Gasteiger partial charge is 0.464 e. The molecule has 3 nitrogen and oxygen atoms in total. The number of thioether (sulfide) groups is 1. The van der Waals surface area contributed by atoms with Crippen LogP contribution in [0.4, 0.5) is 8.78 Å². The van der Waals surface area contributed by atoms with E-state index in [-0.39, 0.29) is 12.4 Å². The highest BCUT2D eigenvalue weighted by Crippen LogP contribution is 2.21. The fraction of sp³-hybridized carbons (Fsp3) is 0.667. The predicted molar refractivity (Wildman–Crippen MR) is 68.7 cm³/mol. The van der Waals surface area contributed by atoms with Crippen LogP contribution in [0, 0.1) is 0 Å². The Labute approximate surface area is 110 Å². The van der Waals surface area contributed by atoms with Gasteiger partial charge in [0.1, 0.15) is 11.5 Å². The number of furan rings is 1. The third kappa shape index (κ3) is 6.98. The Morgan fingerprint density at radius 3 is 2.72 bits per heavy atom. The first kappa shape index (κ1) is 15.5. The van der Waals surface area contributed by atoms with Crippen LogP contribution >= 0.6 is 11.8 Å². The van der Waals surface area contributed by atoms with Crippen molar-refractivity contribution in [2.24, 2.45) is 0 Å². The van der Waals surface area contributed by atoms with Gasteiger partial charge >= 0.3 is 0 Å². The van der Waals surface area contributed by atoms with Crippen LogP contribution in [0.15, 0.2) is 16.5 Å². The molecule has 6 heteroatoms. The number of aliphatic hydroxyl groups is 1. The van der Waals surface area contributed by atoms with E-state index >= 15 is 0 Å². The van der Waals surface area contributed by atoms with Gasteiger partial charge in [-0.2, -0.15) is 8.78 Å². The number of aliphatic hydroxyl groups excluding tert-OH is 1. The molecule has 0 radical (unpaired) electrons. The van der Waals surface area contributed by atoms with E-state index in [1.165, 1.54) is 0 Å². The summed E-state index contributed by atoms with van der Waals surface area (Å²) in [5, 5.41) is 11.8. The van der Waals surface area contributed by atoms with Gasteiger partial charge in [0.15, 0.2) is 0 Å². The van der Waals surface area contributed by atoms with Gasteiger partial charge in [-0.1, -0.05) is 11.8 Å². The molecule has 0 saturated heterocycles. The van der Waals surface area contributed by atoms with Crippen molar-refractivity contribution in [3.63, 3.8) is 0 Å². The molecule has 0 saturated carbocycles. The third-order valence-electron chi connectivity index (χ3n) is 2.38. The Morgan fingerprint density at radius 2 is 2.00 bits per heavy atom. The van der Waals surface area contributed by atoms with Crippen molar-refractivity contribution in [1.29, 1.82) is 0 Å². The van der Waals surface area contributed by atoms with E-state index in [0.717, 1.165) is 31.6 Å². The summed E-state index contributed by atoms with van der Waals surface area (Å²) >= 11 is 0.564. The molecule has 1 aromatic rings. The zero-order chi connectivity index (χ0) is 13.2. The van der Waals surface area contributed by atoms with Crippen molar-refractivity contribution in [2.45, 2.75) is 37.3 Å². The summed E-state index contributed by atoms with van der Waals surface area (Å²) in [6, 6.07) is 3.54. The first-order valence-electron chi connectivity index (χ1n) is 6.01. The van der Waals surface area contributed by atoms with Crippen LogP contribution in [0.5, 0.6) is 0 Å². The second-order valence-electron chi connectivity index (χ2n) is 3.90. The van der Waals surface area contributed by atoms with Crippen LogP contribution < -0.4 is 5.32 Å². The lowest BCUT2D eigenvalue weighted by Crippen LogP contribution is -2.14. The average Bonchev–Trinajstić information content (AvgIpc) is 2.79. The molecule has 0 bridgehead atoms. The Morgan fingerprint density at radius 1 is 1.22 bits per heavy atom. The van der Waals surface area contributed by atoms with Crippen LogP contribution in [-0.2, 0) is 12.3 Å². The number of alkyl halides is 2. The van der Waals surface area contributed by atoms with E-state index < -0.39 is 5.76 Å². The van der Waals surface area contributed by atoms with Gasteiger partial charge in [-0.05, 0) is 37.9 Å². The zero-order valence-electron chi connectivity index (χ0n) is 10.2. The fourth-order valence-corrected chi connectivity index (χ4v) is 1.94. The minimum Gasteiger partial charge on any atom is -0.464 e. The summed E-state index contributed by atoms with van der Waals surface area (Å²) < 4.78 is 29.3. The molecule has 0 aliphatic heterocycles. The maximum atomic E-state index is 12.0. The molecule has 0 aromatic carbocycles. The molecule has 0 unspecified atom stereocenters. The van der Waals surface area contributed by atoms with Crippen molar-refractivity contribution in [3.8, 4) is 0 Å². The summed E-state index contributed by atoms with van der Waals surface area (Å²) in [7, 11) is 0. The fourth-order valence-electron chi connectivity index (χ4n) is 1.49. The molecule has 0 fully saturated rings. The van der Waals surface area contributed by atoms with Crippen LogP contribution in [0.25, 0.3) is 0 Å². The molecule has 104 valence electrons. The van der Waals surface area contributed by atoms with Crippen molar-refractivity contribution >= 4 is 11.8 Å². The molecule has 1 heterocycles. The number of hydrogen-bond donors (Lipinski definition) is 2. The lowest BCUT2D eigenvalue weighted by molar-refractivity contribution is 0.251. The Kier molecular flexibility index (Phi) is 8.04. The van der Waals surface area contributed by atoms with Crippen LogP contribution in [-0.4, -0.2) is 24.0 Å². The SMILES string of the molecule is OCCCCCNCc1ccc(CSC(F)F)o1. The molecular weight excluding hydrogens is 260 g/mol. The van der Waals surface area contributed by atoms with Gasteiger partial charge < -0.3 is 14.8 Å². The molecule has 2 N–H and O–H groups in total. The highest BCUT2D eigenvalue weighted by molar-refractivity contribution is 7.98. The summed E-state index contributed by atoms with van der Waals surface area (Å²) in [4.78, 5) is 0. The molecule has 1 aromatic heterocycles. The lowest BCUT2D eigenvalue weighted by Gasteiger charge is -2.02. The lowest BCUT2D eigenvalue weighted by atomic mass is 10.2. The van der Waals surface area contributed by atoms with E-state index in [4.69, 9.17) is 9.52 Å². The zero-order valence-corrected chi connectivity index (χ0v) is 11.0. The number of rotatable bonds is 10. The summed E-state index contributed by atoms with van der Waals surface area (Å²) in [5.74, 6) is -0.809. The maximum absolute atomic E-state index is 12.0. The standard InChI is InChI=1S/C12H19F2NO2S/c13-12(14)18-9-11-5-4-10(17-11)8-15-6-2-1-3-7-16/h4-5,12,15-16H,1-3,6-9H2. The molecule has 0 aliphatic rings. The first-order chi connectivity index (χ1) is 8.72. The first-order valence-corrected chi connectivity index (χ1v) is 7.06. The second kappa shape index (κ2) is 9.35. The maximum Gasteiger partial charge on any atom is 0.284 e. The van der Waals surface area contributed by atoms with E-state index in [1.807, 2.05) is 6.07 Å². The Hall–Kier alpha value is -0.590.